The number of rotatable bonds is 5. The molecule has 5 nitrogen and oxygen atoms in total. The lowest BCUT2D eigenvalue weighted by Gasteiger charge is -2.10. The Bertz CT molecular complexity index is 1070. The van der Waals surface area contributed by atoms with Crippen LogP contribution in [0.25, 0.3) is 21.9 Å². The lowest BCUT2D eigenvalue weighted by Crippen LogP contribution is -2.13. The normalized spacial score (nSPS) is 11.4. The van der Waals surface area contributed by atoms with Crippen molar-refractivity contribution in [1.82, 2.24) is 14.6 Å². The third-order valence-electron chi connectivity index (χ3n) is 4.82. The summed E-state index contributed by atoms with van der Waals surface area (Å²) >= 11 is 0. The van der Waals surface area contributed by atoms with Gasteiger partial charge < -0.3 is 11.6 Å². The summed E-state index contributed by atoms with van der Waals surface area (Å²) in [5.41, 5.74) is 11.1. The number of fused-ring (bicyclic) bond motifs is 3. The molecule has 0 spiro atoms. The van der Waals surface area contributed by atoms with Crippen molar-refractivity contribution < 1.29 is 0 Å². The largest absolute Gasteiger partial charge is 0.382 e. The van der Waals surface area contributed by atoms with Crippen molar-refractivity contribution in [2.75, 3.05) is 11.6 Å². The molecule has 0 saturated heterocycles. The molecule has 0 aliphatic rings. The van der Waals surface area contributed by atoms with Crippen molar-refractivity contribution >= 4 is 27.8 Å². The van der Waals surface area contributed by atoms with Gasteiger partial charge in [-0.05, 0) is 30.0 Å². The zero-order valence-corrected chi connectivity index (χ0v) is 14.9. The summed E-state index contributed by atoms with van der Waals surface area (Å²) in [5, 5.41) is 1.04. The smallest absolute Gasteiger partial charge is 0.152 e. The minimum absolute atomic E-state index is 0.436. The van der Waals surface area contributed by atoms with Gasteiger partial charge in [-0.15, -0.1) is 0 Å². The van der Waals surface area contributed by atoms with Crippen LogP contribution >= 0.6 is 0 Å². The van der Waals surface area contributed by atoms with Gasteiger partial charge in [0.2, 0.25) is 0 Å². The second-order valence-electron chi connectivity index (χ2n) is 6.67. The first kappa shape index (κ1) is 16.4. The van der Waals surface area contributed by atoms with E-state index in [-0.39, 0.29) is 0 Å². The molecule has 2 aromatic carbocycles. The van der Waals surface area contributed by atoms with Gasteiger partial charge in [-0.25, -0.2) is 14.6 Å². The number of benzene rings is 2. The molecule has 0 aliphatic heterocycles. The highest BCUT2D eigenvalue weighted by molar-refractivity contribution is 6.08. The maximum atomic E-state index is 6.45. The van der Waals surface area contributed by atoms with Crippen LogP contribution in [0.4, 0.5) is 5.82 Å². The molecule has 0 saturated carbocycles. The van der Waals surface area contributed by atoms with Crippen LogP contribution < -0.4 is 11.6 Å². The van der Waals surface area contributed by atoms with Crippen LogP contribution in [-0.2, 0) is 12.8 Å². The summed E-state index contributed by atoms with van der Waals surface area (Å²) in [6.45, 7) is 2.16. The van der Waals surface area contributed by atoms with Crippen LogP contribution in [0.3, 0.4) is 0 Å². The first-order chi connectivity index (χ1) is 12.7. The first-order valence-electron chi connectivity index (χ1n) is 9.06. The Morgan fingerprint density at radius 3 is 2.58 bits per heavy atom. The van der Waals surface area contributed by atoms with E-state index in [1.807, 2.05) is 18.2 Å². The highest BCUT2D eigenvalue weighted by Crippen LogP contribution is 2.31. The third-order valence-corrected chi connectivity index (χ3v) is 4.82. The molecule has 132 valence electrons. The Balaban J connectivity index is 1.96. The quantitative estimate of drug-likeness (QED) is 0.539. The van der Waals surface area contributed by atoms with Gasteiger partial charge >= 0.3 is 0 Å². The fourth-order valence-electron chi connectivity index (χ4n) is 3.51. The molecule has 0 amide bonds. The van der Waals surface area contributed by atoms with Crippen LogP contribution in [0.2, 0.25) is 0 Å². The van der Waals surface area contributed by atoms with Crippen LogP contribution in [0.5, 0.6) is 0 Å². The fourth-order valence-corrected chi connectivity index (χ4v) is 3.51. The standard InChI is InChI=1S/C21H23N5/c1-2-3-12-17-25-19-20(26(17)23)18-15(13-14-8-5-4-6-9-14)10-7-11-16(18)24-21(19)22/h4-11H,2-3,12-13,23H2,1H3,(H2,22,24). The molecule has 2 aromatic heterocycles. The molecular formula is C21H23N5. The Labute approximate surface area is 152 Å². The number of nitrogens with two attached hydrogens (primary N) is 2. The number of hydrogen-bond acceptors (Lipinski definition) is 4. The minimum atomic E-state index is 0.436. The highest BCUT2D eigenvalue weighted by atomic mass is 15.3. The number of unbranched alkanes of at least 4 members (excludes halogenated alkanes) is 1. The van der Waals surface area contributed by atoms with Crippen molar-refractivity contribution in [2.45, 2.75) is 32.6 Å². The van der Waals surface area contributed by atoms with Crippen molar-refractivity contribution in [2.24, 2.45) is 0 Å². The second kappa shape index (κ2) is 6.67. The Hall–Kier alpha value is -3.08. The average Bonchev–Trinajstić information content (AvgIpc) is 2.98. The summed E-state index contributed by atoms with van der Waals surface area (Å²) in [6, 6.07) is 16.5. The van der Waals surface area contributed by atoms with E-state index in [0.717, 1.165) is 47.9 Å². The van der Waals surface area contributed by atoms with Crippen LogP contribution in [0.1, 0.15) is 36.7 Å². The SMILES string of the molecule is CCCCc1nc2c(N)nc3cccc(Cc4ccccc4)c3c2n1N. The topological polar surface area (TPSA) is 82.8 Å². The summed E-state index contributed by atoms with van der Waals surface area (Å²) in [5.74, 6) is 7.74. The molecule has 0 bridgehead atoms. The monoisotopic (exact) mass is 345 g/mol. The molecule has 4 rings (SSSR count). The number of aromatic nitrogens is 3. The molecule has 26 heavy (non-hydrogen) atoms. The van der Waals surface area contributed by atoms with Crippen molar-refractivity contribution in [3.8, 4) is 0 Å². The van der Waals surface area contributed by atoms with Gasteiger partial charge in [-0.1, -0.05) is 55.8 Å². The zero-order valence-electron chi connectivity index (χ0n) is 14.9. The number of nitrogens with zero attached hydrogens (tertiary/aromatic N) is 3. The molecule has 0 unspecified atom stereocenters. The van der Waals surface area contributed by atoms with Gasteiger partial charge in [0.25, 0.3) is 0 Å². The van der Waals surface area contributed by atoms with Crippen molar-refractivity contribution in [1.29, 1.82) is 0 Å². The third kappa shape index (κ3) is 2.75. The summed E-state index contributed by atoms with van der Waals surface area (Å²) < 4.78 is 1.71. The van der Waals surface area contributed by atoms with Gasteiger partial charge in [0, 0.05) is 11.8 Å². The summed E-state index contributed by atoms with van der Waals surface area (Å²) in [7, 11) is 0. The van der Waals surface area contributed by atoms with E-state index in [9.17, 15) is 0 Å². The minimum Gasteiger partial charge on any atom is -0.382 e. The number of pyridine rings is 1. The Morgan fingerprint density at radius 2 is 1.81 bits per heavy atom. The Kier molecular flexibility index (Phi) is 4.21. The maximum Gasteiger partial charge on any atom is 0.152 e. The lowest BCUT2D eigenvalue weighted by molar-refractivity contribution is 0.735. The van der Waals surface area contributed by atoms with Gasteiger partial charge in [0.15, 0.2) is 5.82 Å². The Morgan fingerprint density at radius 1 is 1.00 bits per heavy atom. The summed E-state index contributed by atoms with van der Waals surface area (Å²) in [4.78, 5) is 9.29. The van der Waals surface area contributed by atoms with Gasteiger partial charge in [-0.2, -0.15) is 0 Å². The van der Waals surface area contributed by atoms with E-state index in [0.29, 0.717) is 11.3 Å². The molecule has 4 aromatic rings. The van der Waals surface area contributed by atoms with Crippen LogP contribution in [0, 0.1) is 0 Å². The van der Waals surface area contributed by atoms with Crippen molar-refractivity contribution in [3.63, 3.8) is 0 Å². The predicted molar refractivity (Wildman–Crippen MR) is 107 cm³/mol. The number of aryl methyl sites for hydroxylation is 1. The van der Waals surface area contributed by atoms with E-state index in [2.05, 4.69) is 42.2 Å². The molecule has 0 atom stereocenters. The van der Waals surface area contributed by atoms with E-state index >= 15 is 0 Å². The number of hydrogen-bond donors (Lipinski definition) is 2. The second-order valence-corrected chi connectivity index (χ2v) is 6.67. The zero-order chi connectivity index (χ0) is 18.1. The summed E-state index contributed by atoms with van der Waals surface area (Å²) in [6.07, 6.45) is 3.79. The first-order valence-corrected chi connectivity index (χ1v) is 9.06. The van der Waals surface area contributed by atoms with Crippen LogP contribution in [-0.4, -0.2) is 14.6 Å². The maximum absolute atomic E-state index is 6.45. The molecule has 5 heteroatoms. The number of imidazole rings is 1. The number of nitrogen functional groups attached to an aromatic ring is 2. The molecule has 4 N–H and O–H groups in total. The molecule has 0 fully saturated rings. The van der Waals surface area contributed by atoms with Gasteiger partial charge in [0.05, 0.1) is 5.52 Å². The molecule has 2 heterocycles. The number of anilines is 1. The molecule has 0 radical (unpaired) electrons. The van der Waals surface area contributed by atoms with Crippen molar-refractivity contribution in [3.05, 3.63) is 65.5 Å². The molecular weight excluding hydrogens is 322 g/mol. The van der Waals surface area contributed by atoms with E-state index < -0.39 is 0 Å². The van der Waals surface area contributed by atoms with E-state index in [1.165, 1.54) is 11.1 Å². The lowest BCUT2D eigenvalue weighted by atomic mass is 9.99. The van der Waals surface area contributed by atoms with Gasteiger partial charge in [0.1, 0.15) is 16.9 Å². The van der Waals surface area contributed by atoms with E-state index in [4.69, 9.17) is 16.6 Å². The van der Waals surface area contributed by atoms with Gasteiger partial charge in [-0.3, -0.25) is 0 Å². The fraction of sp³-hybridized carbons (Fsp3) is 0.238. The predicted octanol–water partition coefficient (Wildman–Crippen LogP) is 3.81. The molecule has 0 aliphatic carbocycles. The average molecular weight is 345 g/mol. The van der Waals surface area contributed by atoms with Crippen LogP contribution in [0.15, 0.2) is 48.5 Å². The van der Waals surface area contributed by atoms with E-state index in [1.54, 1.807) is 4.68 Å². The highest BCUT2D eigenvalue weighted by Gasteiger charge is 2.18.